The first-order valence-electron chi connectivity index (χ1n) is 12.9. The van der Waals surface area contributed by atoms with E-state index in [1.54, 1.807) is 27.7 Å². The van der Waals surface area contributed by atoms with Crippen molar-refractivity contribution in [1.29, 1.82) is 0 Å². The van der Waals surface area contributed by atoms with Gasteiger partial charge in [-0.2, -0.15) is 9.97 Å². The summed E-state index contributed by atoms with van der Waals surface area (Å²) in [5.41, 5.74) is 0.324. The summed E-state index contributed by atoms with van der Waals surface area (Å²) >= 11 is 0. The molecule has 3 fully saturated rings. The first kappa shape index (κ1) is 27.5. The molecule has 2 aromatic rings. The zero-order valence-corrected chi connectivity index (χ0v) is 22.9. The molecule has 0 aliphatic carbocycles. The van der Waals surface area contributed by atoms with Crippen LogP contribution in [0, 0.1) is 23.0 Å². The van der Waals surface area contributed by atoms with E-state index in [1.165, 1.54) is 14.0 Å². The van der Waals surface area contributed by atoms with Gasteiger partial charge in [0.2, 0.25) is 11.7 Å². The van der Waals surface area contributed by atoms with Crippen LogP contribution < -0.4 is 14.4 Å². The van der Waals surface area contributed by atoms with Crippen LogP contribution in [0.25, 0.3) is 0 Å². The lowest BCUT2D eigenvalue weighted by Gasteiger charge is -2.44. The molecule has 0 saturated carbocycles. The summed E-state index contributed by atoms with van der Waals surface area (Å²) in [4.78, 5) is 41.6. The number of rotatable bonds is 8. The molecule has 0 N–H and O–H groups in total. The number of hydrogen-bond donors (Lipinski definition) is 0. The molecule has 38 heavy (non-hydrogen) atoms. The molecule has 3 aliphatic heterocycles. The number of aromatic nitrogens is 3. The maximum absolute atomic E-state index is 13.4. The summed E-state index contributed by atoms with van der Waals surface area (Å²) in [6.45, 7) is 11.7. The number of aryl methyl sites for hydroxylation is 1. The van der Waals surface area contributed by atoms with Gasteiger partial charge in [-0.05, 0) is 78.6 Å². The van der Waals surface area contributed by atoms with Crippen molar-refractivity contribution in [3.8, 4) is 11.9 Å². The maximum atomic E-state index is 13.4. The van der Waals surface area contributed by atoms with Crippen LogP contribution in [0.1, 0.15) is 63.4 Å². The van der Waals surface area contributed by atoms with E-state index in [0.717, 1.165) is 43.1 Å². The Kier molecular flexibility index (Phi) is 8.00. The van der Waals surface area contributed by atoms with Crippen LogP contribution in [0.4, 0.5) is 16.3 Å². The smallest absolute Gasteiger partial charge is 0.416 e. The van der Waals surface area contributed by atoms with E-state index in [1.807, 2.05) is 12.1 Å². The Morgan fingerprint density at radius 2 is 1.92 bits per heavy atom. The Morgan fingerprint density at radius 3 is 2.47 bits per heavy atom. The minimum atomic E-state index is -0.850. The van der Waals surface area contributed by atoms with E-state index in [-0.39, 0.29) is 30.7 Å². The lowest BCUT2D eigenvalue weighted by molar-refractivity contribution is -0.385. The zero-order chi connectivity index (χ0) is 27.6. The first-order valence-corrected chi connectivity index (χ1v) is 12.9. The number of anilines is 1. The number of methoxy groups -OCH3 is 1. The van der Waals surface area contributed by atoms with Crippen LogP contribution in [-0.2, 0) is 11.3 Å². The average Bonchev–Trinajstić information content (AvgIpc) is 2.86. The highest BCUT2D eigenvalue weighted by Crippen LogP contribution is 2.39. The van der Waals surface area contributed by atoms with Crippen molar-refractivity contribution < 1.29 is 23.9 Å². The molecular weight excluding hydrogens is 492 g/mol. The number of hydrogen-bond acceptors (Lipinski definition) is 10. The van der Waals surface area contributed by atoms with Gasteiger partial charge in [0.1, 0.15) is 11.3 Å². The molecule has 2 bridgehead atoms. The molecule has 12 nitrogen and oxygen atoms in total. The van der Waals surface area contributed by atoms with Crippen LogP contribution in [-0.4, -0.2) is 69.8 Å². The van der Waals surface area contributed by atoms with Crippen LogP contribution in [0.2, 0.25) is 0 Å². The number of pyridine rings is 1. The van der Waals surface area contributed by atoms with Crippen molar-refractivity contribution in [2.24, 2.45) is 5.92 Å². The van der Waals surface area contributed by atoms with Gasteiger partial charge in [-0.25, -0.2) is 9.78 Å². The van der Waals surface area contributed by atoms with Crippen LogP contribution in [0.3, 0.4) is 0 Å². The fraction of sp³-hybridized carbons (Fsp3) is 0.615. The van der Waals surface area contributed by atoms with E-state index in [0.29, 0.717) is 23.3 Å². The number of ether oxygens (including phenoxy) is 3. The summed E-state index contributed by atoms with van der Waals surface area (Å²) in [5.74, 6) is 1.04. The molecule has 3 saturated heterocycles. The van der Waals surface area contributed by atoms with Crippen molar-refractivity contribution in [1.82, 2.24) is 19.9 Å². The Hall–Kier alpha value is -3.54. The second-order valence-electron chi connectivity index (χ2n) is 10.7. The largest absolute Gasteiger partial charge is 0.481 e. The molecule has 1 atom stereocenters. The fourth-order valence-corrected chi connectivity index (χ4v) is 5.12. The Balaban J connectivity index is 1.75. The number of amides is 1. The van der Waals surface area contributed by atoms with Gasteiger partial charge >= 0.3 is 17.8 Å². The average molecular weight is 529 g/mol. The van der Waals surface area contributed by atoms with Crippen molar-refractivity contribution in [2.75, 3.05) is 38.3 Å². The van der Waals surface area contributed by atoms with Crippen molar-refractivity contribution >= 4 is 17.6 Å². The highest BCUT2D eigenvalue weighted by molar-refractivity contribution is 5.89. The number of nitrogens with zero attached hydrogens (tertiary/aromatic N) is 6. The van der Waals surface area contributed by atoms with E-state index in [4.69, 9.17) is 19.2 Å². The molecule has 0 radical (unpaired) electrons. The van der Waals surface area contributed by atoms with Crippen molar-refractivity contribution in [3.05, 3.63) is 39.2 Å². The lowest BCUT2D eigenvalue weighted by Crippen LogP contribution is -2.46. The van der Waals surface area contributed by atoms with Gasteiger partial charge in [0, 0.05) is 23.7 Å². The standard InChI is InChI=1S/C26H36N6O6/c1-7-37-24-27-16(2)21(32(34)35)22(29-24)31(25(33)38-26(3,4)5)14-18-8-9-20(28-23(18)36-6)19-15-30-12-10-17(19)11-13-30/h8-9,17,19H,7,10-15H2,1-6H3. The van der Waals surface area contributed by atoms with Gasteiger partial charge in [0.05, 0.1) is 25.2 Å². The highest BCUT2D eigenvalue weighted by Gasteiger charge is 2.37. The Bertz CT molecular complexity index is 1190. The third kappa shape index (κ3) is 5.95. The second-order valence-corrected chi connectivity index (χ2v) is 10.7. The van der Waals surface area contributed by atoms with Gasteiger partial charge in [-0.3, -0.25) is 15.0 Å². The molecular formula is C26H36N6O6. The monoisotopic (exact) mass is 528 g/mol. The summed E-state index contributed by atoms with van der Waals surface area (Å²) in [6, 6.07) is 3.75. The minimum absolute atomic E-state index is 0.0676. The van der Waals surface area contributed by atoms with E-state index < -0.39 is 22.3 Å². The van der Waals surface area contributed by atoms with Crippen LogP contribution >= 0.6 is 0 Å². The summed E-state index contributed by atoms with van der Waals surface area (Å²) in [5, 5.41) is 12.0. The highest BCUT2D eigenvalue weighted by atomic mass is 16.6. The fourth-order valence-electron chi connectivity index (χ4n) is 5.12. The molecule has 12 heteroatoms. The van der Waals surface area contributed by atoms with Crippen molar-refractivity contribution in [3.63, 3.8) is 0 Å². The van der Waals surface area contributed by atoms with E-state index in [2.05, 4.69) is 14.9 Å². The summed E-state index contributed by atoms with van der Waals surface area (Å²) in [7, 11) is 1.52. The normalized spacial score (nSPS) is 20.6. The quantitative estimate of drug-likeness (QED) is 0.362. The Labute approximate surface area is 222 Å². The molecule has 2 aromatic heterocycles. The molecule has 0 aromatic carbocycles. The third-order valence-electron chi connectivity index (χ3n) is 6.86. The van der Waals surface area contributed by atoms with Crippen molar-refractivity contribution in [2.45, 2.75) is 65.5 Å². The van der Waals surface area contributed by atoms with E-state index in [9.17, 15) is 14.9 Å². The van der Waals surface area contributed by atoms with Gasteiger partial charge in [-0.15, -0.1) is 0 Å². The minimum Gasteiger partial charge on any atom is -0.481 e. The molecule has 1 unspecified atom stereocenters. The molecule has 5 heterocycles. The SMILES string of the molecule is CCOc1nc(C)c([N+](=O)[O-])c(N(Cc2ccc(C3CN4CCC3CC4)nc2OC)C(=O)OC(C)(C)C)n1. The first-order chi connectivity index (χ1) is 18.0. The molecule has 3 aliphatic rings. The van der Waals surface area contributed by atoms with Gasteiger partial charge in [0.15, 0.2) is 0 Å². The third-order valence-corrected chi connectivity index (χ3v) is 6.86. The van der Waals surface area contributed by atoms with E-state index >= 15 is 0 Å². The predicted octanol–water partition coefficient (Wildman–Crippen LogP) is 4.25. The molecule has 1 amide bonds. The Morgan fingerprint density at radius 1 is 1.21 bits per heavy atom. The maximum Gasteiger partial charge on any atom is 0.416 e. The summed E-state index contributed by atoms with van der Waals surface area (Å²) < 4.78 is 16.7. The summed E-state index contributed by atoms with van der Waals surface area (Å²) in [6.07, 6.45) is 1.51. The van der Waals surface area contributed by atoms with Gasteiger partial charge in [0.25, 0.3) is 0 Å². The molecule has 206 valence electrons. The molecule has 0 spiro atoms. The lowest BCUT2D eigenvalue weighted by atomic mass is 9.77. The molecule has 5 rings (SSSR count). The second kappa shape index (κ2) is 11.1. The number of piperidine rings is 3. The number of carbonyl (C=O) groups excluding carboxylic acids is 1. The topological polar surface area (TPSA) is 133 Å². The number of nitro groups is 1. The zero-order valence-electron chi connectivity index (χ0n) is 22.9. The van der Waals surface area contributed by atoms with Crippen LogP contribution in [0.5, 0.6) is 11.9 Å². The van der Waals surface area contributed by atoms with Gasteiger partial charge < -0.3 is 19.1 Å². The number of carbonyl (C=O) groups is 1. The predicted molar refractivity (Wildman–Crippen MR) is 140 cm³/mol. The van der Waals surface area contributed by atoms with Gasteiger partial charge in [-0.1, -0.05) is 0 Å². The van der Waals surface area contributed by atoms with Crippen LogP contribution in [0.15, 0.2) is 12.1 Å². The number of fused-ring (bicyclic) bond motifs is 3.